The molecular formula is C18H17N3O2S2. The number of carbonyl (C=O) groups excluding carboxylic acids is 1. The van der Waals surface area contributed by atoms with Crippen molar-refractivity contribution in [3.8, 4) is 0 Å². The average molecular weight is 371 g/mol. The van der Waals surface area contributed by atoms with Gasteiger partial charge in [0.05, 0.1) is 22.2 Å². The molecule has 1 aromatic carbocycles. The molecule has 1 aliphatic rings. The van der Waals surface area contributed by atoms with Crippen LogP contribution in [0.2, 0.25) is 0 Å². The molecule has 2 heterocycles. The number of furan rings is 1. The number of rotatable bonds is 6. The van der Waals surface area contributed by atoms with E-state index in [1.54, 1.807) is 11.3 Å². The average Bonchev–Trinajstić information content (AvgIpc) is 3.02. The van der Waals surface area contributed by atoms with Crippen molar-refractivity contribution in [1.82, 2.24) is 10.4 Å². The minimum absolute atomic E-state index is 0.164. The molecule has 0 aliphatic heterocycles. The monoisotopic (exact) mass is 371 g/mol. The van der Waals surface area contributed by atoms with E-state index in [9.17, 15) is 4.79 Å². The molecule has 25 heavy (non-hydrogen) atoms. The van der Waals surface area contributed by atoms with Crippen LogP contribution < -0.4 is 5.43 Å². The summed E-state index contributed by atoms with van der Waals surface area (Å²) in [6, 6.07) is 11.8. The number of amides is 1. The molecule has 5 nitrogen and oxygen atoms in total. The Labute approximate surface area is 153 Å². The molecule has 0 saturated heterocycles. The Morgan fingerprint density at radius 1 is 1.44 bits per heavy atom. The third-order valence-electron chi connectivity index (χ3n) is 4.10. The highest BCUT2D eigenvalue weighted by Crippen LogP contribution is 2.47. The number of nitrogens with zero attached hydrogens (tertiary/aromatic N) is 2. The van der Waals surface area contributed by atoms with Crippen molar-refractivity contribution in [3.63, 3.8) is 0 Å². The largest absolute Gasteiger partial charge is 0.460 e. The van der Waals surface area contributed by atoms with Gasteiger partial charge in [-0.15, -0.1) is 11.3 Å². The quantitative estimate of drug-likeness (QED) is 0.399. The Hall–Kier alpha value is -2.12. The molecule has 4 rings (SSSR count). The molecule has 3 aromatic rings. The van der Waals surface area contributed by atoms with Gasteiger partial charge >= 0.3 is 0 Å². The number of carbonyl (C=O) groups is 1. The second kappa shape index (κ2) is 7.01. The van der Waals surface area contributed by atoms with Gasteiger partial charge in [0.1, 0.15) is 11.5 Å². The molecule has 2 aromatic heterocycles. The van der Waals surface area contributed by atoms with E-state index in [0.29, 0.717) is 17.6 Å². The maximum atomic E-state index is 11.9. The number of benzene rings is 1. The second-order valence-electron chi connectivity index (χ2n) is 6.09. The Bertz CT molecular complexity index is 898. The van der Waals surface area contributed by atoms with E-state index in [2.05, 4.69) is 22.4 Å². The topological polar surface area (TPSA) is 67.5 Å². The van der Waals surface area contributed by atoms with Crippen molar-refractivity contribution >= 4 is 45.4 Å². The van der Waals surface area contributed by atoms with Crippen LogP contribution in [-0.4, -0.2) is 22.9 Å². The second-order valence-corrected chi connectivity index (χ2v) is 8.34. The molecule has 128 valence electrons. The summed E-state index contributed by atoms with van der Waals surface area (Å²) in [4.78, 5) is 16.4. The first-order chi connectivity index (χ1) is 12.2. The van der Waals surface area contributed by atoms with Crippen molar-refractivity contribution in [3.05, 3.63) is 47.9 Å². The summed E-state index contributed by atoms with van der Waals surface area (Å²) >= 11 is 3.00. The fourth-order valence-electron chi connectivity index (χ4n) is 2.60. The number of hydrogen-bond acceptors (Lipinski definition) is 6. The van der Waals surface area contributed by atoms with E-state index in [1.165, 1.54) is 24.4 Å². The highest BCUT2D eigenvalue weighted by molar-refractivity contribution is 8.01. The van der Waals surface area contributed by atoms with Crippen LogP contribution in [-0.2, 0) is 4.79 Å². The lowest BCUT2D eigenvalue weighted by molar-refractivity contribution is -0.118. The van der Waals surface area contributed by atoms with Gasteiger partial charge in [0.25, 0.3) is 5.91 Å². The van der Waals surface area contributed by atoms with Crippen molar-refractivity contribution in [2.75, 3.05) is 5.75 Å². The van der Waals surface area contributed by atoms with Gasteiger partial charge in [-0.1, -0.05) is 30.8 Å². The van der Waals surface area contributed by atoms with Crippen LogP contribution in [0.15, 0.2) is 50.3 Å². The zero-order valence-corrected chi connectivity index (χ0v) is 15.3. The predicted molar refractivity (Wildman–Crippen MR) is 101 cm³/mol. The van der Waals surface area contributed by atoms with Crippen molar-refractivity contribution in [2.45, 2.75) is 23.6 Å². The van der Waals surface area contributed by atoms with Gasteiger partial charge in [-0.05, 0) is 36.6 Å². The summed E-state index contributed by atoms with van der Waals surface area (Å²) < 4.78 is 7.72. The Morgan fingerprint density at radius 3 is 3.08 bits per heavy atom. The van der Waals surface area contributed by atoms with E-state index < -0.39 is 0 Å². The van der Waals surface area contributed by atoms with Crippen LogP contribution in [0.3, 0.4) is 0 Å². The van der Waals surface area contributed by atoms with Crippen LogP contribution >= 0.6 is 23.1 Å². The summed E-state index contributed by atoms with van der Waals surface area (Å²) in [6.45, 7) is 2.21. The highest BCUT2D eigenvalue weighted by Gasteiger charge is 2.36. The van der Waals surface area contributed by atoms with E-state index in [4.69, 9.17) is 4.42 Å². The van der Waals surface area contributed by atoms with Crippen LogP contribution in [0, 0.1) is 5.92 Å². The lowest BCUT2D eigenvalue weighted by atomic mass is 10.3. The van der Waals surface area contributed by atoms with Gasteiger partial charge in [0, 0.05) is 5.92 Å². The van der Waals surface area contributed by atoms with Crippen molar-refractivity contribution < 1.29 is 9.21 Å². The molecule has 1 amide bonds. The molecule has 1 aliphatic carbocycles. The van der Waals surface area contributed by atoms with Gasteiger partial charge in [-0.3, -0.25) is 4.79 Å². The van der Waals surface area contributed by atoms with E-state index in [0.717, 1.165) is 20.3 Å². The minimum Gasteiger partial charge on any atom is -0.460 e. The lowest BCUT2D eigenvalue weighted by Gasteiger charge is -1.96. The summed E-state index contributed by atoms with van der Waals surface area (Å²) in [5, 5.41) is 3.96. The standard InChI is InChI=1S/C18H17N3O2S2/c1-11-8-13(11)15-7-6-12(23-15)9-19-21-17(22)10-24-18-20-14-4-2-3-5-16(14)25-18/h2-7,9,11,13H,8,10H2,1H3,(H,21,22)/b19-9-/t11-,13-/m1/s1. The van der Waals surface area contributed by atoms with Gasteiger partial charge in [-0.2, -0.15) is 5.10 Å². The third kappa shape index (κ3) is 3.93. The number of hydrogen-bond donors (Lipinski definition) is 1. The molecule has 0 unspecified atom stereocenters. The summed E-state index contributed by atoms with van der Waals surface area (Å²) in [5.74, 6) is 3.03. The molecule has 1 fully saturated rings. The number of hydrazone groups is 1. The molecule has 0 radical (unpaired) electrons. The number of para-hydroxylation sites is 1. The Balaban J connectivity index is 1.26. The molecular weight excluding hydrogens is 354 g/mol. The first kappa shape index (κ1) is 16.4. The number of aromatic nitrogens is 1. The Morgan fingerprint density at radius 2 is 2.28 bits per heavy atom. The number of nitrogens with one attached hydrogen (secondary N) is 1. The maximum Gasteiger partial charge on any atom is 0.250 e. The number of thioether (sulfide) groups is 1. The van der Waals surface area contributed by atoms with Crippen LogP contribution in [0.25, 0.3) is 10.2 Å². The summed E-state index contributed by atoms with van der Waals surface area (Å²) in [7, 11) is 0. The summed E-state index contributed by atoms with van der Waals surface area (Å²) in [6.07, 6.45) is 2.72. The SMILES string of the molecule is C[C@@H]1C[C@H]1c1ccc(/C=N\NC(=O)CSc2nc3ccccc3s2)o1. The number of fused-ring (bicyclic) bond motifs is 1. The van der Waals surface area contributed by atoms with Gasteiger partial charge in [-0.25, -0.2) is 10.4 Å². The smallest absolute Gasteiger partial charge is 0.250 e. The third-order valence-corrected chi connectivity index (χ3v) is 6.28. The predicted octanol–water partition coefficient (Wildman–Crippen LogP) is 4.26. The van der Waals surface area contributed by atoms with Gasteiger partial charge < -0.3 is 4.42 Å². The van der Waals surface area contributed by atoms with Gasteiger partial charge in [0.2, 0.25) is 0 Å². The fourth-order valence-corrected chi connectivity index (χ4v) is 4.46. The first-order valence-corrected chi connectivity index (χ1v) is 9.89. The van der Waals surface area contributed by atoms with Crippen molar-refractivity contribution in [1.29, 1.82) is 0 Å². The molecule has 7 heteroatoms. The molecule has 1 saturated carbocycles. The minimum atomic E-state index is -0.164. The maximum absolute atomic E-state index is 11.9. The van der Waals surface area contributed by atoms with E-state index in [-0.39, 0.29) is 11.7 Å². The normalized spacial score (nSPS) is 19.6. The summed E-state index contributed by atoms with van der Waals surface area (Å²) in [5.41, 5.74) is 3.49. The number of thiazole rings is 1. The zero-order valence-electron chi connectivity index (χ0n) is 13.6. The zero-order chi connectivity index (χ0) is 17.2. The van der Waals surface area contributed by atoms with E-state index >= 15 is 0 Å². The fraction of sp³-hybridized carbons (Fsp3) is 0.278. The van der Waals surface area contributed by atoms with Gasteiger partial charge in [0.15, 0.2) is 4.34 Å². The molecule has 2 atom stereocenters. The Kier molecular flexibility index (Phi) is 4.59. The van der Waals surface area contributed by atoms with Crippen LogP contribution in [0.1, 0.15) is 30.8 Å². The van der Waals surface area contributed by atoms with Crippen LogP contribution in [0.5, 0.6) is 0 Å². The first-order valence-electron chi connectivity index (χ1n) is 8.09. The molecule has 0 bridgehead atoms. The highest BCUT2D eigenvalue weighted by atomic mass is 32.2. The molecule has 0 spiro atoms. The van der Waals surface area contributed by atoms with Crippen molar-refractivity contribution in [2.24, 2.45) is 11.0 Å². The lowest BCUT2D eigenvalue weighted by Crippen LogP contribution is -2.19. The molecule has 1 N–H and O–H groups in total. The van der Waals surface area contributed by atoms with Crippen LogP contribution in [0.4, 0.5) is 0 Å². The van der Waals surface area contributed by atoms with E-state index in [1.807, 2.05) is 36.4 Å².